The standard InChI is InChI=1S/C15H22O4/c1-14(2)6-5-10(16)15-9(14)4-3-8-7-18-12(11(8)15)19-13(15)17/h3,9-13,16-17H,4-7H2,1-2H3. The molecule has 1 spiro atoms. The zero-order valence-corrected chi connectivity index (χ0v) is 11.5. The highest BCUT2D eigenvalue weighted by Gasteiger charge is 2.70. The fraction of sp³-hybridized carbons (Fsp3) is 0.867. The minimum atomic E-state index is -0.911. The van der Waals surface area contributed by atoms with Crippen LogP contribution in [0.1, 0.15) is 33.1 Å². The van der Waals surface area contributed by atoms with E-state index in [0.29, 0.717) is 6.61 Å². The normalized spacial score (nSPS) is 54.5. The minimum absolute atomic E-state index is 0.0378. The molecule has 1 saturated carbocycles. The van der Waals surface area contributed by atoms with Crippen molar-refractivity contribution < 1.29 is 19.7 Å². The van der Waals surface area contributed by atoms with Gasteiger partial charge in [0.15, 0.2) is 12.6 Å². The lowest BCUT2D eigenvalue weighted by molar-refractivity contribution is -0.238. The van der Waals surface area contributed by atoms with Gasteiger partial charge in [0.25, 0.3) is 0 Å². The molecule has 4 aliphatic rings. The van der Waals surface area contributed by atoms with Crippen LogP contribution in [0.15, 0.2) is 11.6 Å². The number of rotatable bonds is 0. The van der Waals surface area contributed by atoms with E-state index in [2.05, 4.69) is 19.9 Å². The lowest BCUT2D eigenvalue weighted by atomic mass is 9.47. The molecule has 0 radical (unpaired) electrons. The molecule has 2 heterocycles. The molecule has 4 heteroatoms. The van der Waals surface area contributed by atoms with Crippen LogP contribution in [0.2, 0.25) is 0 Å². The molecule has 0 aromatic carbocycles. The number of aliphatic hydroxyl groups is 2. The molecular formula is C15H22O4. The average Bonchev–Trinajstić information content (AvgIpc) is 2.89. The quantitative estimate of drug-likeness (QED) is 0.651. The molecular weight excluding hydrogens is 244 g/mol. The monoisotopic (exact) mass is 266 g/mol. The Morgan fingerprint density at radius 2 is 2.11 bits per heavy atom. The van der Waals surface area contributed by atoms with E-state index in [0.717, 1.165) is 19.3 Å². The van der Waals surface area contributed by atoms with Crippen molar-refractivity contribution in [1.29, 1.82) is 0 Å². The maximum absolute atomic E-state index is 10.7. The van der Waals surface area contributed by atoms with Crippen LogP contribution in [-0.2, 0) is 9.47 Å². The summed E-state index contributed by atoms with van der Waals surface area (Å²) in [7, 11) is 0. The summed E-state index contributed by atoms with van der Waals surface area (Å²) in [5.74, 6) is 0.287. The second-order valence-corrected chi connectivity index (χ2v) is 7.26. The Hall–Kier alpha value is -0.420. The second kappa shape index (κ2) is 3.61. The van der Waals surface area contributed by atoms with Crippen molar-refractivity contribution in [3.8, 4) is 0 Å². The molecule has 2 aliphatic carbocycles. The van der Waals surface area contributed by atoms with Crippen molar-refractivity contribution in [3.05, 3.63) is 11.6 Å². The van der Waals surface area contributed by atoms with Crippen molar-refractivity contribution in [2.45, 2.75) is 51.8 Å². The van der Waals surface area contributed by atoms with Crippen molar-refractivity contribution in [3.63, 3.8) is 0 Å². The molecule has 6 atom stereocenters. The first-order valence-electron chi connectivity index (χ1n) is 7.30. The number of hydrogen-bond acceptors (Lipinski definition) is 4. The Morgan fingerprint density at radius 3 is 2.89 bits per heavy atom. The van der Waals surface area contributed by atoms with E-state index in [9.17, 15) is 10.2 Å². The van der Waals surface area contributed by atoms with E-state index in [1.165, 1.54) is 5.57 Å². The summed E-state index contributed by atoms with van der Waals surface area (Å²) >= 11 is 0. The molecule has 19 heavy (non-hydrogen) atoms. The highest BCUT2D eigenvalue weighted by atomic mass is 16.7. The largest absolute Gasteiger partial charge is 0.392 e. The van der Waals surface area contributed by atoms with Crippen molar-refractivity contribution in [2.24, 2.45) is 22.7 Å². The smallest absolute Gasteiger partial charge is 0.168 e. The fourth-order valence-electron chi connectivity index (χ4n) is 5.19. The Morgan fingerprint density at radius 1 is 1.32 bits per heavy atom. The summed E-state index contributed by atoms with van der Waals surface area (Å²) in [5, 5.41) is 21.3. The number of ether oxygens (including phenoxy) is 2. The van der Waals surface area contributed by atoms with E-state index < -0.39 is 17.8 Å². The second-order valence-electron chi connectivity index (χ2n) is 7.26. The Kier molecular flexibility index (Phi) is 2.34. The summed E-state index contributed by atoms with van der Waals surface area (Å²) in [5.41, 5.74) is 0.769. The Bertz CT molecular complexity index is 437. The third-order valence-corrected chi connectivity index (χ3v) is 6.12. The van der Waals surface area contributed by atoms with Gasteiger partial charge in [0, 0.05) is 5.92 Å². The highest BCUT2D eigenvalue weighted by Crippen LogP contribution is 2.66. The SMILES string of the molecule is CC1(C)CCC(O)C23C(O)OC4OCC(=CCC12)C43. The van der Waals surface area contributed by atoms with Crippen molar-refractivity contribution in [1.82, 2.24) is 0 Å². The zero-order valence-electron chi connectivity index (χ0n) is 11.5. The molecule has 0 bridgehead atoms. The van der Waals surface area contributed by atoms with Gasteiger partial charge >= 0.3 is 0 Å². The van der Waals surface area contributed by atoms with Gasteiger partial charge in [-0.3, -0.25) is 0 Å². The third kappa shape index (κ3) is 1.29. The van der Waals surface area contributed by atoms with Crippen LogP contribution < -0.4 is 0 Å². The van der Waals surface area contributed by atoms with E-state index in [-0.39, 0.29) is 23.5 Å². The number of allylic oxidation sites excluding steroid dienone is 1. The first kappa shape index (κ1) is 12.3. The van der Waals surface area contributed by atoms with Gasteiger partial charge in [0.1, 0.15) is 0 Å². The molecule has 0 aromatic rings. The molecule has 3 fully saturated rings. The molecule has 4 nitrogen and oxygen atoms in total. The zero-order chi connectivity index (χ0) is 13.4. The molecule has 4 rings (SSSR count). The first-order chi connectivity index (χ1) is 8.98. The van der Waals surface area contributed by atoms with Gasteiger partial charge in [-0.05, 0) is 36.2 Å². The van der Waals surface area contributed by atoms with Crippen LogP contribution >= 0.6 is 0 Å². The van der Waals surface area contributed by atoms with Gasteiger partial charge < -0.3 is 19.7 Å². The van der Waals surface area contributed by atoms with E-state index >= 15 is 0 Å². The van der Waals surface area contributed by atoms with Gasteiger partial charge in [-0.2, -0.15) is 0 Å². The summed E-state index contributed by atoms with van der Waals surface area (Å²) in [6, 6.07) is 0. The van der Waals surface area contributed by atoms with Crippen LogP contribution in [0.5, 0.6) is 0 Å². The minimum Gasteiger partial charge on any atom is -0.392 e. The third-order valence-electron chi connectivity index (χ3n) is 6.12. The van der Waals surface area contributed by atoms with Gasteiger partial charge in [0.05, 0.1) is 18.1 Å². The highest BCUT2D eigenvalue weighted by molar-refractivity contribution is 5.28. The maximum atomic E-state index is 10.7. The van der Waals surface area contributed by atoms with Crippen molar-refractivity contribution in [2.75, 3.05) is 6.61 Å². The topological polar surface area (TPSA) is 58.9 Å². The van der Waals surface area contributed by atoms with E-state index in [1.807, 2.05) is 0 Å². The van der Waals surface area contributed by atoms with Crippen LogP contribution in [0.25, 0.3) is 0 Å². The molecule has 2 aliphatic heterocycles. The summed E-state index contributed by atoms with van der Waals surface area (Å²) in [6.07, 6.45) is 3.12. The van der Waals surface area contributed by atoms with Crippen LogP contribution in [-0.4, -0.2) is 35.5 Å². The fourth-order valence-corrected chi connectivity index (χ4v) is 5.19. The molecule has 6 unspecified atom stereocenters. The van der Waals surface area contributed by atoms with Gasteiger partial charge in [-0.15, -0.1) is 0 Å². The van der Waals surface area contributed by atoms with Gasteiger partial charge in [0.2, 0.25) is 0 Å². The summed E-state index contributed by atoms with van der Waals surface area (Å²) < 4.78 is 11.3. The predicted molar refractivity (Wildman–Crippen MR) is 68.0 cm³/mol. The number of aliphatic hydroxyl groups excluding tert-OH is 2. The molecule has 0 aromatic heterocycles. The van der Waals surface area contributed by atoms with Gasteiger partial charge in [-0.25, -0.2) is 0 Å². The summed E-state index contributed by atoms with van der Waals surface area (Å²) in [6.45, 7) is 5.09. The predicted octanol–water partition coefficient (Wildman–Crippen LogP) is 1.42. The van der Waals surface area contributed by atoms with Crippen molar-refractivity contribution >= 4 is 0 Å². The van der Waals surface area contributed by atoms with E-state index in [1.54, 1.807) is 0 Å². The molecule has 106 valence electrons. The Balaban J connectivity index is 1.90. The molecule has 2 N–H and O–H groups in total. The maximum Gasteiger partial charge on any atom is 0.168 e. The lowest BCUT2D eigenvalue weighted by Crippen LogP contribution is -2.60. The lowest BCUT2D eigenvalue weighted by Gasteiger charge is -2.57. The van der Waals surface area contributed by atoms with Gasteiger partial charge in [-0.1, -0.05) is 19.9 Å². The first-order valence-corrected chi connectivity index (χ1v) is 7.30. The van der Waals surface area contributed by atoms with Crippen LogP contribution in [0.3, 0.4) is 0 Å². The molecule has 0 amide bonds. The molecule has 2 saturated heterocycles. The van der Waals surface area contributed by atoms with Crippen LogP contribution in [0, 0.1) is 22.7 Å². The summed E-state index contributed by atoms with van der Waals surface area (Å²) in [4.78, 5) is 0. The van der Waals surface area contributed by atoms with Crippen LogP contribution in [0.4, 0.5) is 0 Å². The average molecular weight is 266 g/mol. The number of hydrogen-bond donors (Lipinski definition) is 2. The Labute approximate surface area is 113 Å². The van der Waals surface area contributed by atoms with E-state index in [4.69, 9.17) is 9.47 Å².